The van der Waals surface area contributed by atoms with Crippen LogP contribution in [0.4, 0.5) is 0 Å². The van der Waals surface area contributed by atoms with E-state index in [-0.39, 0.29) is 12.5 Å². The normalized spacial score (nSPS) is 11.2. The molecule has 0 spiro atoms. The van der Waals surface area contributed by atoms with E-state index in [4.69, 9.17) is 4.74 Å². The maximum atomic E-state index is 11.4. The average Bonchev–Trinajstić information content (AvgIpc) is 2.77. The number of nitrogens with one attached hydrogen (secondary N) is 1. The lowest BCUT2D eigenvalue weighted by atomic mass is 10.2. The lowest BCUT2D eigenvalue weighted by Crippen LogP contribution is -2.29. The Morgan fingerprint density at radius 2 is 2.14 bits per heavy atom. The highest BCUT2D eigenvalue weighted by Crippen LogP contribution is 2.18. The van der Waals surface area contributed by atoms with Crippen molar-refractivity contribution in [1.82, 2.24) is 14.9 Å². The number of ether oxygens (including phenoxy) is 1. The van der Waals surface area contributed by atoms with E-state index in [2.05, 4.69) is 34.8 Å². The van der Waals surface area contributed by atoms with E-state index in [1.54, 1.807) is 0 Å². The number of methoxy groups -OCH3 is 1. The van der Waals surface area contributed by atoms with Gasteiger partial charge in [-0.3, -0.25) is 4.79 Å². The number of benzene rings is 1. The van der Waals surface area contributed by atoms with Crippen LogP contribution < -0.4 is 5.32 Å². The van der Waals surface area contributed by atoms with E-state index < -0.39 is 0 Å². The first kappa shape index (κ1) is 15.5. The fourth-order valence-electron chi connectivity index (χ4n) is 2.38. The maximum absolute atomic E-state index is 11.4. The molecule has 21 heavy (non-hydrogen) atoms. The molecule has 0 bridgehead atoms. The van der Waals surface area contributed by atoms with Crippen LogP contribution in [-0.4, -0.2) is 35.7 Å². The fraction of sp³-hybridized carbons (Fsp3) is 0.500. The highest BCUT2D eigenvalue weighted by atomic mass is 16.5. The smallest absolute Gasteiger partial charge is 0.245 e. The predicted octanol–water partition coefficient (Wildman–Crippen LogP) is 2.00. The molecule has 2 aromatic rings. The van der Waals surface area contributed by atoms with E-state index in [9.17, 15) is 4.79 Å². The summed E-state index contributed by atoms with van der Waals surface area (Å²) in [6, 6.07) is 8.15. The number of amides is 1. The van der Waals surface area contributed by atoms with E-state index >= 15 is 0 Å². The SMILES string of the molecule is COCC(=O)NCCc1nc2ccccc2n1CC(C)C. The molecular formula is C16H23N3O2. The van der Waals surface area contributed by atoms with Gasteiger partial charge in [0.1, 0.15) is 12.4 Å². The first-order chi connectivity index (χ1) is 10.1. The summed E-state index contributed by atoms with van der Waals surface area (Å²) in [5.41, 5.74) is 2.17. The molecule has 5 heteroatoms. The van der Waals surface area contributed by atoms with Gasteiger partial charge in [0, 0.05) is 26.6 Å². The molecule has 5 nitrogen and oxygen atoms in total. The van der Waals surface area contributed by atoms with Crippen molar-refractivity contribution in [3.63, 3.8) is 0 Å². The number of rotatable bonds is 7. The van der Waals surface area contributed by atoms with Gasteiger partial charge in [0.25, 0.3) is 0 Å². The predicted molar refractivity (Wildman–Crippen MR) is 83.2 cm³/mol. The molecule has 0 aliphatic carbocycles. The zero-order valence-electron chi connectivity index (χ0n) is 12.9. The molecule has 114 valence electrons. The number of nitrogens with zero attached hydrogens (tertiary/aromatic N) is 2. The molecular weight excluding hydrogens is 266 g/mol. The number of para-hydroxylation sites is 2. The summed E-state index contributed by atoms with van der Waals surface area (Å²) >= 11 is 0. The molecule has 0 aliphatic rings. The van der Waals surface area contributed by atoms with Gasteiger partial charge in [-0.1, -0.05) is 26.0 Å². The Kier molecular flexibility index (Phi) is 5.33. The lowest BCUT2D eigenvalue weighted by molar-refractivity contribution is -0.124. The first-order valence-electron chi connectivity index (χ1n) is 7.31. The molecule has 0 saturated heterocycles. The minimum absolute atomic E-state index is 0.0935. The summed E-state index contributed by atoms with van der Waals surface area (Å²) in [7, 11) is 1.52. The van der Waals surface area contributed by atoms with Crippen molar-refractivity contribution in [1.29, 1.82) is 0 Å². The Balaban J connectivity index is 2.12. The van der Waals surface area contributed by atoms with Crippen LogP contribution in [-0.2, 0) is 22.5 Å². The van der Waals surface area contributed by atoms with Gasteiger partial charge in [-0.25, -0.2) is 4.98 Å². The van der Waals surface area contributed by atoms with Crippen LogP contribution in [0, 0.1) is 5.92 Å². The monoisotopic (exact) mass is 289 g/mol. The Morgan fingerprint density at radius 1 is 1.38 bits per heavy atom. The molecule has 0 unspecified atom stereocenters. The number of hydrogen-bond donors (Lipinski definition) is 1. The molecule has 0 atom stereocenters. The van der Waals surface area contributed by atoms with Gasteiger partial charge in [-0.2, -0.15) is 0 Å². The van der Waals surface area contributed by atoms with Crippen LogP contribution >= 0.6 is 0 Å². The quantitative estimate of drug-likeness (QED) is 0.848. The van der Waals surface area contributed by atoms with Crippen LogP contribution in [0.15, 0.2) is 24.3 Å². The zero-order valence-corrected chi connectivity index (χ0v) is 12.9. The first-order valence-corrected chi connectivity index (χ1v) is 7.31. The lowest BCUT2D eigenvalue weighted by Gasteiger charge is -2.12. The van der Waals surface area contributed by atoms with Crippen LogP contribution in [0.1, 0.15) is 19.7 Å². The van der Waals surface area contributed by atoms with Crippen molar-refractivity contribution >= 4 is 16.9 Å². The Bertz CT molecular complexity index is 605. The molecule has 0 saturated carbocycles. The van der Waals surface area contributed by atoms with Crippen LogP contribution in [0.2, 0.25) is 0 Å². The van der Waals surface area contributed by atoms with Gasteiger partial charge < -0.3 is 14.6 Å². The van der Waals surface area contributed by atoms with Crippen molar-refractivity contribution in [3.05, 3.63) is 30.1 Å². The topological polar surface area (TPSA) is 56.1 Å². The number of imidazole rings is 1. The molecule has 1 heterocycles. The summed E-state index contributed by atoms with van der Waals surface area (Å²) < 4.78 is 7.05. The molecule has 0 fully saturated rings. The van der Waals surface area contributed by atoms with Crippen LogP contribution in [0.3, 0.4) is 0 Å². The van der Waals surface area contributed by atoms with Crippen LogP contribution in [0.5, 0.6) is 0 Å². The van der Waals surface area contributed by atoms with E-state index in [0.29, 0.717) is 12.5 Å². The largest absolute Gasteiger partial charge is 0.375 e. The van der Waals surface area contributed by atoms with Crippen molar-refractivity contribution in [2.45, 2.75) is 26.8 Å². The van der Waals surface area contributed by atoms with Gasteiger partial charge in [-0.15, -0.1) is 0 Å². The van der Waals surface area contributed by atoms with Gasteiger partial charge in [0.05, 0.1) is 11.0 Å². The summed E-state index contributed by atoms with van der Waals surface area (Å²) in [6.45, 7) is 5.99. The van der Waals surface area contributed by atoms with E-state index in [0.717, 1.165) is 29.8 Å². The minimum atomic E-state index is -0.0935. The number of hydrogen-bond acceptors (Lipinski definition) is 3. The second kappa shape index (κ2) is 7.22. The fourth-order valence-corrected chi connectivity index (χ4v) is 2.38. The zero-order chi connectivity index (χ0) is 15.2. The van der Waals surface area contributed by atoms with Crippen molar-refractivity contribution in [2.24, 2.45) is 5.92 Å². The molecule has 1 amide bonds. The van der Waals surface area contributed by atoms with Gasteiger partial charge in [0.2, 0.25) is 5.91 Å². The summed E-state index contributed by atoms with van der Waals surface area (Å²) in [6.07, 6.45) is 0.719. The highest BCUT2D eigenvalue weighted by molar-refractivity contribution is 5.77. The van der Waals surface area contributed by atoms with Gasteiger partial charge in [0.15, 0.2) is 0 Å². The Hall–Kier alpha value is -1.88. The van der Waals surface area contributed by atoms with Crippen molar-refractivity contribution in [3.8, 4) is 0 Å². The maximum Gasteiger partial charge on any atom is 0.245 e. The Labute approximate surface area is 125 Å². The number of carbonyl (C=O) groups excluding carboxylic acids is 1. The van der Waals surface area contributed by atoms with Gasteiger partial charge in [-0.05, 0) is 18.1 Å². The third-order valence-corrected chi connectivity index (χ3v) is 3.23. The second-order valence-electron chi connectivity index (χ2n) is 5.55. The molecule has 0 aliphatic heterocycles. The molecule has 1 aromatic heterocycles. The summed E-state index contributed by atoms with van der Waals surface area (Å²) in [5, 5.41) is 2.84. The molecule has 1 aromatic carbocycles. The number of carbonyl (C=O) groups is 1. The third-order valence-electron chi connectivity index (χ3n) is 3.23. The second-order valence-corrected chi connectivity index (χ2v) is 5.55. The molecule has 0 radical (unpaired) electrons. The van der Waals surface area contributed by atoms with Crippen LogP contribution in [0.25, 0.3) is 11.0 Å². The minimum Gasteiger partial charge on any atom is -0.375 e. The van der Waals surface area contributed by atoms with Gasteiger partial charge >= 0.3 is 0 Å². The summed E-state index contributed by atoms with van der Waals surface area (Å²) in [5.74, 6) is 1.47. The highest BCUT2D eigenvalue weighted by Gasteiger charge is 2.11. The molecule has 2 rings (SSSR count). The average molecular weight is 289 g/mol. The standard InChI is InChI=1S/C16H23N3O2/c1-12(2)10-19-14-7-5-4-6-13(14)18-15(19)8-9-17-16(20)11-21-3/h4-7,12H,8-11H2,1-3H3,(H,17,20). The summed E-state index contributed by atoms with van der Waals surface area (Å²) in [4.78, 5) is 16.1. The number of aromatic nitrogens is 2. The van der Waals surface area contributed by atoms with E-state index in [1.165, 1.54) is 7.11 Å². The van der Waals surface area contributed by atoms with E-state index in [1.807, 2.05) is 18.2 Å². The van der Waals surface area contributed by atoms with Crippen molar-refractivity contribution in [2.75, 3.05) is 20.3 Å². The van der Waals surface area contributed by atoms with Crippen molar-refractivity contribution < 1.29 is 9.53 Å². The Morgan fingerprint density at radius 3 is 2.86 bits per heavy atom. The molecule has 1 N–H and O–H groups in total. The number of fused-ring (bicyclic) bond motifs is 1. The third kappa shape index (κ3) is 4.04.